The van der Waals surface area contributed by atoms with E-state index in [1.807, 2.05) is 0 Å². The van der Waals surface area contributed by atoms with Crippen LogP contribution in [0.5, 0.6) is 0 Å². The molecule has 0 saturated heterocycles. The summed E-state index contributed by atoms with van der Waals surface area (Å²) in [6.07, 6.45) is 4.24. The molecule has 2 rings (SSSR count). The summed E-state index contributed by atoms with van der Waals surface area (Å²) in [5, 5.41) is 9.66. The van der Waals surface area contributed by atoms with Crippen LogP contribution < -0.4 is 10.5 Å². The Hall–Kier alpha value is -0.630. The monoisotopic (exact) mass is 376 g/mol. The molecule has 1 fully saturated rings. The number of nitrogens with one attached hydrogen (secondary N) is 1. The SMILES string of the molecule is Cc1cc(Br)c(N)cc1S(=O)(=O)NC1(CO)CCCCC1. The first-order valence-corrected chi connectivity index (χ1v) is 9.28. The predicted molar refractivity (Wildman–Crippen MR) is 86.5 cm³/mol. The van der Waals surface area contributed by atoms with Crippen LogP contribution >= 0.6 is 15.9 Å². The van der Waals surface area contributed by atoms with Crippen molar-refractivity contribution in [3.05, 3.63) is 22.2 Å². The number of aliphatic hydroxyl groups excluding tert-OH is 1. The van der Waals surface area contributed by atoms with Crippen LogP contribution in [0.25, 0.3) is 0 Å². The standard InChI is InChI=1S/C14H21BrN2O3S/c1-10-7-11(15)12(16)8-13(10)21(19,20)17-14(9-18)5-3-2-4-6-14/h7-8,17-18H,2-6,9,16H2,1H3. The van der Waals surface area contributed by atoms with E-state index in [0.29, 0.717) is 28.6 Å². The minimum absolute atomic E-state index is 0.168. The van der Waals surface area contributed by atoms with E-state index in [1.54, 1.807) is 13.0 Å². The Kier molecular flexibility index (Phi) is 4.97. The second-order valence-electron chi connectivity index (χ2n) is 5.74. The lowest BCUT2D eigenvalue weighted by Crippen LogP contribution is -2.52. The normalized spacial score (nSPS) is 18.6. The Labute approximate surface area is 134 Å². The molecule has 7 heteroatoms. The largest absolute Gasteiger partial charge is 0.398 e. The van der Waals surface area contributed by atoms with Crippen LogP contribution in [0.15, 0.2) is 21.5 Å². The second-order valence-corrected chi connectivity index (χ2v) is 8.25. The average molecular weight is 377 g/mol. The molecule has 0 amide bonds. The number of nitrogen functional groups attached to an aromatic ring is 1. The van der Waals surface area contributed by atoms with Gasteiger partial charge in [-0.1, -0.05) is 19.3 Å². The molecule has 0 bridgehead atoms. The van der Waals surface area contributed by atoms with Gasteiger partial charge in [-0.15, -0.1) is 0 Å². The van der Waals surface area contributed by atoms with Crippen LogP contribution in [0.2, 0.25) is 0 Å². The molecule has 4 N–H and O–H groups in total. The minimum Gasteiger partial charge on any atom is -0.398 e. The number of aliphatic hydroxyl groups is 1. The van der Waals surface area contributed by atoms with Gasteiger partial charge in [-0.25, -0.2) is 13.1 Å². The van der Waals surface area contributed by atoms with E-state index in [1.165, 1.54) is 6.07 Å². The number of rotatable bonds is 4. The number of hydrogen-bond acceptors (Lipinski definition) is 4. The highest BCUT2D eigenvalue weighted by molar-refractivity contribution is 9.10. The fourth-order valence-corrected chi connectivity index (χ4v) is 4.99. The van der Waals surface area contributed by atoms with Gasteiger partial charge in [0.25, 0.3) is 0 Å². The zero-order valence-corrected chi connectivity index (χ0v) is 14.4. The molecule has 0 unspecified atom stereocenters. The molecular weight excluding hydrogens is 356 g/mol. The summed E-state index contributed by atoms with van der Waals surface area (Å²) in [6.45, 7) is 1.54. The van der Waals surface area contributed by atoms with Crippen molar-refractivity contribution in [2.24, 2.45) is 0 Å². The van der Waals surface area contributed by atoms with Gasteiger partial charge in [0.2, 0.25) is 10.0 Å². The van der Waals surface area contributed by atoms with Crippen molar-refractivity contribution in [1.29, 1.82) is 0 Å². The highest BCUT2D eigenvalue weighted by atomic mass is 79.9. The van der Waals surface area contributed by atoms with Gasteiger partial charge in [-0.2, -0.15) is 0 Å². The maximum absolute atomic E-state index is 12.7. The van der Waals surface area contributed by atoms with Crippen molar-refractivity contribution in [2.75, 3.05) is 12.3 Å². The Morgan fingerprint density at radius 1 is 1.33 bits per heavy atom. The highest BCUT2D eigenvalue weighted by Crippen LogP contribution is 2.31. The summed E-state index contributed by atoms with van der Waals surface area (Å²) in [5.74, 6) is 0. The maximum Gasteiger partial charge on any atom is 0.241 e. The third-order valence-corrected chi connectivity index (χ3v) is 6.46. The van der Waals surface area contributed by atoms with Crippen molar-refractivity contribution < 1.29 is 13.5 Å². The first-order chi connectivity index (χ1) is 9.80. The van der Waals surface area contributed by atoms with E-state index >= 15 is 0 Å². The summed E-state index contributed by atoms with van der Waals surface area (Å²) >= 11 is 3.29. The van der Waals surface area contributed by atoms with E-state index < -0.39 is 15.6 Å². The highest BCUT2D eigenvalue weighted by Gasteiger charge is 2.36. The van der Waals surface area contributed by atoms with E-state index in [0.717, 1.165) is 19.3 Å². The molecule has 1 aromatic carbocycles. The lowest BCUT2D eigenvalue weighted by atomic mass is 9.83. The van der Waals surface area contributed by atoms with E-state index in [2.05, 4.69) is 20.7 Å². The van der Waals surface area contributed by atoms with Gasteiger partial charge >= 0.3 is 0 Å². The summed E-state index contributed by atoms with van der Waals surface area (Å²) in [4.78, 5) is 0.168. The minimum atomic E-state index is -3.71. The number of nitrogens with two attached hydrogens (primary N) is 1. The lowest BCUT2D eigenvalue weighted by Gasteiger charge is -2.36. The third-order valence-electron chi connectivity index (χ3n) is 4.05. The van der Waals surface area contributed by atoms with Crippen LogP contribution in [0.4, 0.5) is 5.69 Å². The number of sulfonamides is 1. The van der Waals surface area contributed by atoms with Gasteiger partial charge < -0.3 is 10.8 Å². The van der Waals surface area contributed by atoms with Gasteiger partial charge in [0.05, 0.1) is 17.0 Å². The Balaban J connectivity index is 2.36. The van der Waals surface area contributed by atoms with Gasteiger partial charge in [0, 0.05) is 10.2 Å². The second kappa shape index (κ2) is 6.24. The van der Waals surface area contributed by atoms with E-state index in [-0.39, 0.29) is 11.5 Å². The lowest BCUT2D eigenvalue weighted by molar-refractivity contribution is 0.142. The fourth-order valence-electron chi connectivity index (χ4n) is 2.82. The molecule has 1 saturated carbocycles. The van der Waals surface area contributed by atoms with E-state index in [9.17, 15) is 13.5 Å². The molecule has 0 heterocycles. The zero-order valence-electron chi connectivity index (χ0n) is 12.0. The summed E-state index contributed by atoms with van der Waals surface area (Å²) in [6, 6.07) is 3.14. The molecule has 1 aliphatic carbocycles. The van der Waals surface area contributed by atoms with Crippen LogP contribution in [-0.2, 0) is 10.0 Å². The van der Waals surface area contributed by atoms with Crippen molar-refractivity contribution in [3.63, 3.8) is 0 Å². The van der Waals surface area contributed by atoms with Gasteiger partial charge in [0.1, 0.15) is 0 Å². The van der Waals surface area contributed by atoms with Crippen LogP contribution in [0.1, 0.15) is 37.7 Å². The molecule has 0 radical (unpaired) electrons. The van der Waals surface area contributed by atoms with Crippen LogP contribution in [0, 0.1) is 6.92 Å². The Bertz CT molecular complexity index is 625. The smallest absolute Gasteiger partial charge is 0.241 e. The predicted octanol–water partition coefficient (Wildman–Crippen LogP) is 2.31. The fraction of sp³-hybridized carbons (Fsp3) is 0.571. The van der Waals surface area contributed by atoms with Crippen LogP contribution in [-0.4, -0.2) is 25.7 Å². The number of anilines is 1. The van der Waals surface area contributed by atoms with Gasteiger partial charge in [-0.05, 0) is 53.4 Å². The molecule has 0 aliphatic heterocycles. The maximum atomic E-state index is 12.7. The molecule has 0 atom stereocenters. The number of hydrogen-bond donors (Lipinski definition) is 3. The number of aryl methyl sites for hydroxylation is 1. The zero-order chi connectivity index (χ0) is 15.7. The Morgan fingerprint density at radius 2 is 1.95 bits per heavy atom. The number of halogens is 1. The average Bonchev–Trinajstić information content (AvgIpc) is 2.43. The summed E-state index contributed by atoms with van der Waals surface area (Å²) in [7, 11) is -3.71. The molecule has 0 spiro atoms. The topological polar surface area (TPSA) is 92.4 Å². The summed E-state index contributed by atoms with van der Waals surface area (Å²) < 4.78 is 28.7. The molecule has 1 aliphatic rings. The van der Waals surface area contributed by atoms with Crippen molar-refractivity contribution >= 4 is 31.6 Å². The first-order valence-electron chi connectivity index (χ1n) is 7.00. The third kappa shape index (κ3) is 3.59. The van der Waals surface area contributed by atoms with Gasteiger partial charge in [-0.3, -0.25) is 0 Å². The molecule has 118 valence electrons. The molecule has 21 heavy (non-hydrogen) atoms. The van der Waals surface area contributed by atoms with Crippen LogP contribution in [0.3, 0.4) is 0 Å². The molecule has 1 aromatic rings. The first kappa shape index (κ1) is 16.7. The molecule has 5 nitrogen and oxygen atoms in total. The van der Waals surface area contributed by atoms with Gasteiger partial charge in [0.15, 0.2) is 0 Å². The molecular formula is C14H21BrN2O3S. The molecule has 0 aromatic heterocycles. The van der Waals surface area contributed by atoms with Crippen molar-refractivity contribution in [1.82, 2.24) is 4.72 Å². The quantitative estimate of drug-likeness (QED) is 0.702. The van der Waals surface area contributed by atoms with E-state index in [4.69, 9.17) is 5.73 Å². The van der Waals surface area contributed by atoms with Crippen molar-refractivity contribution in [3.8, 4) is 0 Å². The van der Waals surface area contributed by atoms with Crippen molar-refractivity contribution in [2.45, 2.75) is 49.5 Å². The number of benzene rings is 1. The summed E-state index contributed by atoms with van der Waals surface area (Å²) in [5.41, 5.74) is 6.05. The Morgan fingerprint density at radius 3 is 2.52 bits per heavy atom.